The number of nitrogens with zero attached hydrogens (tertiary/aromatic N) is 2. The van der Waals surface area contributed by atoms with E-state index in [0.29, 0.717) is 10.4 Å². The Morgan fingerprint density at radius 3 is 2.53 bits per heavy atom. The smallest absolute Gasteiger partial charge is 0.408 e. The summed E-state index contributed by atoms with van der Waals surface area (Å²) in [5.74, 6) is -1.04. The second kappa shape index (κ2) is 10.1. The minimum absolute atomic E-state index is 0.0989. The molecule has 0 spiro atoms. The van der Waals surface area contributed by atoms with E-state index in [1.807, 2.05) is 20.8 Å². The van der Waals surface area contributed by atoms with Gasteiger partial charge in [-0.1, -0.05) is 20.8 Å². The van der Waals surface area contributed by atoms with E-state index < -0.39 is 41.6 Å². The topological polar surface area (TPSA) is 118 Å². The van der Waals surface area contributed by atoms with Crippen molar-refractivity contribution >= 4 is 33.9 Å². The second-order valence-electron chi connectivity index (χ2n) is 9.39. The summed E-state index contributed by atoms with van der Waals surface area (Å²) in [7, 11) is 0. The van der Waals surface area contributed by atoms with Crippen LogP contribution in [0.1, 0.15) is 52.9 Å². The number of carbonyl (C=O) groups excluding carboxylic acids is 2. The summed E-state index contributed by atoms with van der Waals surface area (Å²) in [6, 6.07) is 1.37. The maximum Gasteiger partial charge on any atom is 0.408 e. The number of likely N-dealkylation sites (tertiary alicyclic amines) is 1. The SMILES string of the molecule is CC(C)(C)[C@H](NC(=O)OC1CCCC1)C(=O)N1C[C@H](Oc2ccnc(Br)c2)C[C@H]1C(=O)O. The lowest BCUT2D eigenvalue weighted by molar-refractivity contribution is -0.150. The van der Waals surface area contributed by atoms with Crippen molar-refractivity contribution in [2.45, 2.75) is 77.2 Å². The van der Waals surface area contributed by atoms with Crippen molar-refractivity contribution in [1.82, 2.24) is 15.2 Å². The van der Waals surface area contributed by atoms with Crippen molar-refractivity contribution in [2.24, 2.45) is 5.41 Å². The first-order chi connectivity index (χ1) is 15.0. The standard InChI is InChI=1S/C22H30BrN3O6/c1-22(2,3)18(25-21(30)32-13-6-4-5-7-13)19(27)26-12-15(10-16(26)20(28)29)31-14-8-9-24-17(23)11-14/h8-9,11,13,15-16,18H,4-7,10,12H2,1-3H3,(H,25,30)(H,28,29)/t15-,16+,18-/m1/s1. The van der Waals surface area contributed by atoms with Gasteiger partial charge in [-0.15, -0.1) is 0 Å². The molecule has 176 valence electrons. The molecule has 1 saturated heterocycles. The zero-order valence-corrected chi connectivity index (χ0v) is 20.1. The van der Waals surface area contributed by atoms with Crippen LogP contribution in [0.3, 0.4) is 0 Å². The molecule has 1 aromatic rings. The van der Waals surface area contributed by atoms with Gasteiger partial charge in [0, 0.05) is 18.7 Å². The third kappa shape index (κ3) is 6.11. The molecule has 1 saturated carbocycles. The lowest BCUT2D eigenvalue weighted by Crippen LogP contribution is -2.57. The third-order valence-electron chi connectivity index (χ3n) is 5.78. The Morgan fingerprint density at radius 1 is 1.25 bits per heavy atom. The number of pyridine rings is 1. The van der Waals surface area contributed by atoms with Gasteiger partial charge in [0.05, 0.1) is 6.54 Å². The van der Waals surface area contributed by atoms with E-state index in [1.54, 1.807) is 18.3 Å². The number of rotatable bonds is 6. The fourth-order valence-electron chi connectivity index (χ4n) is 4.13. The molecule has 3 atom stereocenters. The summed E-state index contributed by atoms with van der Waals surface area (Å²) in [6.45, 7) is 5.56. The minimum atomic E-state index is -1.11. The molecule has 9 nitrogen and oxygen atoms in total. The van der Waals surface area contributed by atoms with Crippen molar-refractivity contribution < 1.29 is 29.0 Å². The number of aliphatic carboxylic acids is 1. The van der Waals surface area contributed by atoms with Gasteiger partial charge in [0.1, 0.15) is 34.6 Å². The number of carboxylic acid groups (broad SMARTS) is 1. The molecule has 2 heterocycles. The van der Waals surface area contributed by atoms with E-state index in [-0.39, 0.29) is 19.1 Å². The highest BCUT2D eigenvalue weighted by Gasteiger charge is 2.46. The van der Waals surface area contributed by atoms with Crippen LogP contribution < -0.4 is 10.1 Å². The van der Waals surface area contributed by atoms with E-state index in [0.717, 1.165) is 25.7 Å². The normalized spacial score (nSPS) is 22.4. The average molecular weight is 512 g/mol. The van der Waals surface area contributed by atoms with Crippen molar-refractivity contribution in [3.63, 3.8) is 0 Å². The molecule has 32 heavy (non-hydrogen) atoms. The lowest BCUT2D eigenvalue weighted by atomic mass is 9.85. The minimum Gasteiger partial charge on any atom is -0.488 e. The van der Waals surface area contributed by atoms with Crippen LogP contribution in [0.4, 0.5) is 4.79 Å². The number of amides is 2. The Hall–Kier alpha value is -2.36. The maximum absolute atomic E-state index is 13.5. The molecule has 0 bridgehead atoms. The van der Waals surface area contributed by atoms with Crippen LogP contribution in [-0.4, -0.2) is 63.8 Å². The lowest BCUT2D eigenvalue weighted by Gasteiger charge is -2.34. The summed E-state index contributed by atoms with van der Waals surface area (Å²) in [4.78, 5) is 43.2. The number of hydrogen-bond donors (Lipinski definition) is 2. The Labute approximate surface area is 196 Å². The Balaban J connectivity index is 1.72. The molecule has 0 aromatic carbocycles. The molecular formula is C22H30BrN3O6. The third-order valence-corrected chi connectivity index (χ3v) is 6.22. The Kier molecular flexibility index (Phi) is 7.63. The first-order valence-corrected chi connectivity index (χ1v) is 11.6. The zero-order chi connectivity index (χ0) is 23.5. The summed E-state index contributed by atoms with van der Waals surface area (Å²) >= 11 is 3.27. The molecule has 2 amide bonds. The first kappa shape index (κ1) is 24.3. The Bertz CT molecular complexity index is 852. The highest BCUT2D eigenvalue weighted by atomic mass is 79.9. The van der Waals surface area contributed by atoms with Crippen LogP contribution in [0.5, 0.6) is 5.75 Å². The summed E-state index contributed by atoms with van der Waals surface area (Å²) in [5.41, 5.74) is -0.649. The molecule has 0 radical (unpaired) electrons. The van der Waals surface area contributed by atoms with Crippen LogP contribution in [0.2, 0.25) is 0 Å². The van der Waals surface area contributed by atoms with E-state index in [2.05, 4.69) is 26.2 Å². The number of nitrogens with one attached hydrogen (secondary N) is 1. The second-order valence-corrected chi connectivity index (χ2v) is 10.2. The number of carbonyl (C=O) groups is 3. The number of carboxylic acids is 1. The molecular weight excluding hydrogens is 482 g/mol. The number of halogens is 1. The van der Waals surface area contributed by atoms with Crippen LogP contribution in [-0.2, 0) is 14.3 Å². The first-order valence-electron chi connectivity index (χ1n) is 10.8. The van der Waals surface area contributed by atoms with E-state index in [1.165, 1.54) is 4.90 Å². The molecule has 3 rings (SSSR count). The summed E-state index contributed by atoms with van der Waals surface area (Å²) in [6.07, 6.45) is 4.10. The fourth-order valence-corrected chi connectivity index (χ4v) is 4.48. The predicted octanol–water partition coefficient (Wildman–Crippen LogP) is 3.36. The van der Waals surface area contributed by atoms with Gasteiger partial charge < -0.3 is 24.8 Å². The van der Waals surface area contributed by atoms with Gasteiger partial charge >= 0.3 is 12.1 Å². The molecule has 10 heteroatoms. The van der Waals surface area contributed by atoms with Gasteiger partial charge in [-0.2, -0.15) is 0 Å². The molecule has 2 N–H and O–H groups in total. The molecule has 2 aliphatic rings. The van der Waals surface area contributed by atoms with Crippen LogP contribution in [0, 0.1) is 5.41 Å². The largest absolute Gasteiger partial charge is 0.488 e. The molecule has 1 aliphatic carbocycles. The Morgan fingerprint density at radius 2 is 1.94 bits per heavy atom. The van der Waals surface area contributed by atoms with Crippen LogP contribution in [0.15, 0.2) is 22.9 Å². The number of alkyl carbamates (subject to hydrolysis) is 1. The van der Waals surface area contributed by atoms with Crippen molar-refractivity contribution in [3.8, 4) is 5.75 Å². The van der Waals surface area contributed by atoms with E-state index in [4.69, 9.17) is 9.47 Å². The molecule has 0 unspecified atom stereocenters. The van der Waals surface area contributed by atoms with Crippen LogP contribution in [0.25, 0.3) is 0 Å². The quantitative estimate of drug-likeness (QED) is 0.562. The molecule has 2 fully saturated rings. The summed E-state index contributed by atoms with van der Waals surface area (Å²) < 4.78 is 12.0. The predicted molar refractivity (Wildman–Crippen MR) is 119 cm³/mol. The summed E-state index contributed by atoms with van der Waals surface area (Å²) in [5, 5.41) is 12.4. The van der Waals surface area contributed by atoms with Crippen LogP contribution >= 0.6 is 15.9 Å². The van der Waals surface area contributed by atoms with Gasteiger partial charge in [0.2, 0.25) is 5.91 Å². The van der Waals surface area contributed by atoms with Crippen molar-refractivity contribution in [2.75, 3.05) is 6.54 Å². The number of hydrogen-bond acceptors (Lipinski definition) is 6. The van der Waals surface area contributed by atoms with E-state index >= 15 is 0 Å². The van der Waals surface area contributed by atoms with Gasteiger partial charge in [-0.05, 0) is 53.1 Å². The molecule has 1 aromatic heterocycles. The van der Waals surface area contributed by atoms with E-state index in [9.17, 15) is 19.5 Å². The fraction of sp³-hybridized carbons (Fsp3) is 0.636. The number of aromatic nitrogens is 1. The van der Waals surface area contributed by atoms with Gasteiger partial charge in [-0.25, -0.2) is 14.6 Å². The monoisotopic (exact) mass is 511 g/mol. The van der Waals surface area contributed by atoms with Gasteiger partial charge in [-0.3, -0.25) is 4.79 Å². The zero-order valence-electron chi connectivity index (χ0n) is 18.5. The highest BCUT2D eigenvalue weighted by Crippen LogP contribution is 2.29. The maximum atomic E-state index is 13.5. The van der Waals surface area contributed by atoms with Gasteiger partial charge in [0.25, 0.3) is 0 Å². The molecule has 1 aliphatic heterocycles. The van der Waals surface area contributed by atoms with Crippen molar-refractivity contribution in [1.29, 1.82) is 0 Å². The van der Waals surface area contributed by atoms with Gasteiger partial charge in [0.15, 0.2) is 0 Å². The van der Waals surface area contributed by atoms with Crippen molar-refractivity contribution in [3.05, 3.63) is 22.9 Å². The number of ether oxygens (including phenoxy) is 2. The highest BCUT2D eigenvalue weighted by molar-refractivity contribution is 9.10. The average Bonchev–Trinajstić information content (AvgIpc) is 3.34.